The lowest BCUT2D eigenvalue weighted by atomic mass is 9.98. The fourth-order valence-electron chi connectivity index (χ4n) is 2.13. The number of rotatable bonds is 4. The first-order valence-electron chi connectivity index (χ1n) is 6.10. The number of hydrogen-bond acceptors (Lipinski definition) is 4. The molecular formula is C12H20N2OS. The quantitative estimate of drug-likeness (QED) is 0.846. The second-order valence-electron chi connectivity index (χ2n) is 4.47. The van der Waals surface area contributed by atoms with Crippen molar-refractivity contribution in [2.24, 2.45) is 0 Å². The molecule has 1 aromatic rings. The van der Waals surface area contributed by atoms with Crippen LogP contribution >= 0.6 is 11.3 Å². The summed E-state index contributed by atoms with van der Waals surface area (Å²) in [5.74, 6) is 0. The topological polar surface area (TPSA) is 45.2 Å². The van der Waals surface area contributed by atoms with Crippen molar-refractivity contribution in [3.63, 3.8) is 0 Å². The number of thiazole rings is 1. The zero-order valence-electron chi connectivity index (χ0n) is 9.99. The number of nitrogens with zero attached hydrogens (tertiary/aromatic N) is 1. The largest absolute Gasteiger partial charge is 0.392 e. The minimum Gasteiger partial charge on any atom is -0.392 e. The summed E-state index contributed by atoms with van der Waals surface area (Å²) in [4.78, 5) is 6.07. The van der Waals surface area contributed by atoms with Crippen LogP contribution in [0.25, 0.3) is 0 Å². The van der Waals surface area contributed by atoms with Crippen LogP contribution in [0.1, 0.15) is 48.3 Å². The predicted octanol–water partition coefficient (Wildman–Crippen LogP) is 2.05. The minimum absolute atomic E-state index is 0.274. The lowest BCUT2D eigenvalue weighted by Gasteiger charge is -2.23. The first-order chi connectivity index (χ1) is 7.70. The minimum atomic E-state index is -0.274. The van der Waals surface area contributed by atoms with E-state index in [0.717, 1.165) is 12.8 Å². The van der Waals surface area contributed by atoms with Gasteiger partial charge in [-0.25, -0.2) is 4.98 Å². The highest BCUT2D eigenvalue weighted by Gasteiger charge is 2.23. The highest BCUT2D eigenvalue weighted by molar-refractivity contribution is 7.11. The zero-order valence-corrected chi connectivity index (χ0v) is 10.8. The maximum absolute atomic E-state index is 9.31. The van der Waals surface area contributed by atoms with Crippen LogP contribution in [0.5, 0.6) is 0 Å². The van der Waals surface area contributed by atoms with Gasteiger partial charge < -0.3 is 10.4 Å². The fraction of sp³-hybridized carbons (Fsp3) is 0.750. The lowest BCUT2D eigenvalue weighted by Crippen LogP contribution is -2.30. The molecule has 2 atom stereocenters. The molecule has 0 radical (unpaired) electrons. The van der Waals surface area contributed by atoms with Gasteiger partial charge >= 0.3 is 0 Å². The predicted molar refractivity (Wildman–Crippen MR) is 66.9 cm³/mol. The Labute approximate surface area is 101 Å². The Bertz CT molecular complexity index is 349. The Kier molecular flexibility index (Phi) is 3.95. The van der Waals surface area contributed by atoms with Gasteiger partial charge in [0.2, 0.25) is 0 Å². The molecule has 90 valence electrons. The molecule has 0 aromatic carbocycles. The van der Waals surface area contributed by atoms with Crippen LogP contribution in [-0.2, 0) is 12.8 Å². The molecule has 3 nitrogen and oxygen atoms in total. The molecule has 1 heterocycles. The van der Waals surface area contributed by atoms with Crippen molar-refractivity contribution in [1.29, 1.82) is 0 Å². The van der Waals surface area contributed by atoms with E-state index < -0.39 is 0 Å². The molecule has 0 spiro atoms. The maximum atomic E-state index is 9.31. The van der Waals surface area contributed by atoms with Crippen molar-refractivity contribution < 1.29 is 5.11 Å². The summed E-state index contributed by atoms with van der Waals surface area (Å²) in [6.07, 6.45) is 4.26. The zero-order chi connectivity index (χ0) is 11.5. The van der Waals surface area contributed by atoms with E-state index in [4.69, 9.17) is 0 Å². The van der Waals surface area contributed by atoms with Gasteiger partial charge in [-0.05, 0) is 32.6 Å². The van der Waals surface area contributed by atoms with Gasteiger partial charge in [0, 0.05) is 17.5 Å². The number of aliphatic hydroxyl groups excluding tert-OH is 1. The molecule has 2 unspecified atom stereocenters. The maximum Gasteiger partial charge on any atom is 0.0928 e. The first kappa shape index (κ1) is 12.0. The van der Waals surface area contributed by atoms with Crippen LogP contribution in [0.15, 0.2) is 0 Å². The molecule has 0 aliphatic heterocycles. The van der Waals surface area contributed by atoms with Gasteiger partial charge in [0.1, 0.15) is 0 Å². The number of nitrogens with one attached hydrogen (secondary N) is 1. The van der Waals surface area contributed by atoms with Crippen LogP contribution in [0.3, 0.4) is 0 Å². The van der Waals surface area contributed by atoms with E-state index in [9.17, 15) is 5.11 Å². The smallest absolute Gasteiger partial charge is 0.0928 e. The van der Waals surface area contributed by atoms with Crippen molar-refractivity contribution in [3.8, 4) is 0 Å². The van der Waals surface area contributed by atoms with Crippen LogP contribution in [-0.4, -0.2) is 22.7 Å². The Morgan fingerprint density at radius 2 is 2.44 bits per heavy atom. The van der Waals surface area contributed by atoms with Gasteiger partial charge in [0.05, 0.1) is 16.8 Å². The molecule has 1 aromatic heterocycles. The number of aliphatic hydroxyl groups is 1. The van der Waals surface area contributed by atoms with E-state index in [0.29, 0.717) is 12.6 Å². The number of hydrogen-bond donors (Lipinski definition) is 2. The van der Waals surface area contributed by atoms with Gasteiger partial charge in [-0.15, -0.1) is 11.3 Å². The molecule has 16 heavy (non-hydrogen) atoms. The van der Waals surface area contributed by atoms with Gasteiger partial charge in [-0.2, -0.15) is 0 Å². The highest BCUT2D eigenvalue weighted by Crippen LogP contribution is 2.34. The molecule has 2 N–H and O–H groups in total. The van der Waals surface area contributed by atoms with E-state index in [-0.39, 0.29) is 6.10 Å². The van der Waals surface area contributed by atoms with Gasteiger partial charge in [-0.1, -0.05) is 6.92 Å². The van der Waals surface area contributed by atoms with E-state index in [1.165, 1.54) is 28.4 Å². The molecule has 0 bridgehead atoms. The van der Waals surface area contributed by atoms with E-state index in [2.05, 4.69) is 17.2 Å². The van der Waals surface area contributed by atoms with E-state index in [1.807, 2.05) is 18.3 Å². The SMILES string of the molecule is CCc1nc2c(s1)C(NCC(C)O)CCC2. The number of aromatic nitrogens is 1. The third kappa shape index (κ3) is 2.62. The number of aryl methyl sites for hydroxylation is 2. The normalized spacial score (nSPS) is 21.8. The van der Waals surface area contributed by atoms with Crippen molar-refractivity contribution >= 4 is 11.3 Å². The number of fused-ring (bicyclic) bond motifs is 1. The van der Waals surface area contributed by atoms with Gasteiger partial charge in [-0.3, -0.25) is 0 Å². The summed E-state index contributed by atoms with van der Waals surface area (Å²) in [5, 5.41) is 14.0. The van der Waals surface area contributed by atoms with E-state index >= 15 is 0 Å². The van der Waals surface area contributed by atoms with Crippen molar-refractivity contribution in [2.45, 2.75) is 51.7 Å². The Balaban J connectivity index is 2.09. The summed E-state index contributed by atoms with van der Waals surface area (Å²) in [6.45, 7) is 4.65. The first-order valence-corrected chi connectivity index (χ1v) is 6.92. The van der Waals surface area contributed by atoms with Gasteiger partial charge in [0.15, 0.2) is 0 Å². The van der Waals surface area contributed by atoms with Crippen LogP contribution < -0.4 is 5.32 Å². The second-order valence-corrected chi connectivity index (χ2v) is 5.59. The average Bonchev–Trinajstić information content (AvgIpc) is 2.69. The molecule has 0 saturated carbocycles. The standard InChI is InChI=1S/C12H20N2OS/c1-3-11-14-10-6-4-5-9(12(10)16-11)13-7-8(2)15/h8-9,13,15H,3-7H2,1-2H3. The van der Waals surface area contributed by atoms with Crippen LogP contribution in [0, 0.1) is 0 Å². The third-order valence-corrected chi connectivity index (χ3v) is 4.31. The fourth-order valence-corrected chi connectivity index (χ4v) is 3.29. The Morgan fingerprint density at radius 1 is 1.62 bits per heavy atom. The highest BCUT2D eigenvalue weighted by atomic mass is 32.1. The monoisotopic (exact) mass is 240 g/mol. The van der Waals surface area contributed by atoms with Crippen molar-refractivity contribution in [3.05, 3.63) is 15.6 Å². The average molecular weight is 240 g/mol. The summed E-state index contributed by atoms with van der Waals surface area (Å²) < 4.78 is 0. The van der Waals surface area contributed by atoms with Gasteiger partial charge in [0.25, 0.3) is 0 Å². The second kappa shape index (κ2) is 5.25. The summed E-state index contributed by atoms with van der Waals surface area (Å²) in [6, 6.07) is 0.413. The molecule has 0 fully saturated rings. The summed E-state index contributed by atoms with van der Waals surface area (Å²) in [5.41, 5.74) is 1.29. The molecule has 1 aliphatic carbocycles. The molecular weight excluding hydrogens is 220 g/mol. The Hall–Kier alpha value is -0.450. The third-order valence-electron chi connectivity index (χ3n) is 2.96. The summed E-state index contributed by atoms with van der Waals surface area (Å²) in [7, 11) is 0. The van der Waals surface area contributed by atoms with Crippen LogP contribution in [0.4, 0.5) is 0 Å². The molecule has 0 amide bonds. The molecule has 2 rings (SSSR count). The molecule has 0 saturated heterocycles. The Morgan fingerprint density at radius 3 is 3.12 bits per heavy atom. The summed E-state index contributed by atoms with van der Waals surface area (Å²) >= 11 is 1.84. The lowest BCUT2D eigenvalue weighted by molar-refractivity contribution is 0.184. The van der Waals surface area contributed by atoms with Crippen molar-refractivity contribution in [1.82, 2.24) is 10.3 Å². The molecule has 1 aliphatic rings. The van der Waals surface area contributed by atoms with E-state index in [1.54, 1.807) is 0 Å². The van der Waals surface area contributed by atoms with Crippen LogP contribution in [0.2, 0.25) is 0 Å². The molecule has 4 heteroatoms. The van der Waals surface area contributed by atoms with Crippen molar-refractivity contribution in [2.75, 3.05) is 6.54 Å².